The third kappa shape index (κ3) is 3.10. The van der Waals surface area contributed by atoms with Crippen molar-refractivity contribution < 1.29 is 4.74 Å². The lowest BCUT2D eigenvalue weighted by molar-refractivity contribution is 0.482. The van der Waals surface area contributed by atoms with Gasteiger partial charge in [0, 0.05) is 22.3 Å². The molecule has 17 heavy (non-hydrogen) atoms. The second-order valence-corrected chi connectivity index (χ2v) is 4.07. The normalized spacial score (nSPS) is 9.71. The van der Waals surface area contributed by atoms with Crippen molar-refractivity contribution in [3.05, 3.63) is 52.3 Å². The number of nitrogens with zero attached hydrogens (tertiary/aromatic N) is 2. The van der Waals surface area contributed by atoms with Crippen LogP contribution in [-0.2, 0) is 0 Å². The molecule has 0 spiro atoms. The van der Waals surface area contributed by atoms with Gasteiger partial charge in [-0.2, -0.15) is 5.26 Å². The highest BCUT2D eigenvalue weighted by Crippen LogP contribution is 2.28. The summed E-state index contributed by atoms with van der Waals surface area (Å²) in [4.78, 5) is 3.84. The van der Waals surface area contributed by atoms with Crippen molar-refractivity contribution >= 4 is 23.2 Å². The van der Waals surface area contributed by atoms with Gasteiger partial charge in [-0.25, -0.2) is 4.98 Å². The molecule has 84 valence electrons. The molecule has 0 bridgehead atoms. The SMILES string of the molecule is N#Cc1cc(Oc2cc(Cl)cc(Cl)c2)ccn1. The maximum Gasteiger partial charge on any atom is 0.144 e. The summed E-state index contributed by atoms with van der Waals surface area (Å²) in [7, 11) is 0. The van der Waals surface area contributed by atoms with Crippen molar-refractivity contribution in [1.82, 2.24) is 4.98 Å². The number of nitriles is 1. The number of hydrogen-bond acceptors (Lipinski definition) is 3. The molecule has 0 aliphatic carbocycles. The minimum Gasteiger partial charge on any atom is -0.457 e. The molecule has 0 radical (unpaired) electrons. The Kier molecular flexibility index (Phi) is 3.48. The van der Waals surface area contributed by atoms with Crippen LogP contribution in [0.5, 0.6) is 11.5 Å². The lowest BCUT2D eigenvalue weighted by Crippen LogP contribution is -1.87. The molecule has 0 aliphatic heterocycles. The first kappa shape index (κ1) is 11.7. The molecule has 0 amide bonds. The van der Waals surface area contributed by atoms with E-state index in [1.54, 1.807) is 24.3 Å². The maximum absolute atomic E-state index is 8.71. The molecule has 0 unspecified atom stereocenters. The fraction of sp³-hybridized carbons (Fsp3) is 0. The van der Waals surface area contributed by atoms with Gasteiger partial charge in [-0.05, 0) is 24.3 Å². The van der Waals surface area contributed by atoms with Gasteiger partial charge in [-0.15, -0.1) is 0 Å². The topological polar surface area (TPSA) is 45.9 Å². The van der Waals surface area contributed by atoms with Gasteiger partial charge in [0.1, 0.15) is 23.3 Å². The third-order valence-corrected chi connectivity index (χ3v) is 2.35. The molecule has 2 rings (SSSR count). The lowest BCUT2D eigenvalue weighted by atomic mass is 10.3. The Morgan fingerprint density at radius 2 is 1.76 bits per heavy atom. The summed E-state index contributed by atoms with van der Waals surface area (Å²) >= 11 is 11.7. The summed E-state index contributed by atoms with van der Waals surface area (Å²) in [5.41, 5.74) is 0.288. The first-order valence-corrected chi connectivity index (χ1v) is 5.43. The molecule has 0 aliphatic rings. The maximum atomic E-state index is 8.71. The van der Waals surface area contributed by atoms with Gasteiger partial charge in [0.05, 0.1) is 0 Å². The second-order valence-electron chi connectivity index (χ2n) is 3.20. The van der Waals surface area contributed by atoms with Crippen LogP contribution in [0.25, 0.3) is 0 Å². The Morgan fingerprint density at radius 3 is 2.41 bits per heavy atom. The highest BCUT2D eigenvalue weighted by Gasteiger charge is 2.02. The van der Waals surface area contributed by atoms with Crippen LogP contribution in [-0.4, -0.2) is 4.98 Å². The first-order chi connectivity index (χ1) is 8.17. The predicted molar refractivity (Wildman–Crippen MR) is 65.5 cm³/mol. The van der Waals surface area contributed by atoms with E-state index in [-0.39, 0.29) is 5.69 Å². The van der Waals surface area contributed by atoms with Crippen LogP contribution in [0.1, 0.15) is 5.69 Å². The van der Waals surface area contributed by atoms with E-state index in [0.717, 1.165) is 0 Å². The molecule has 0 fully saturated rings. The zero-order valence-electron chi connectivity index (χ0n) is 8.52. The van der Waals surface area contributed by atoms with Gasteiger partial charge in [0.2, 0.25) is 0 Å². The Bertz CT molecular complexity index is 573. The van der Waals surface area contributed by atoms with E-state index in [9.17, 15) is 0 Å². The van der Waals surface area contributed by atoms with Crippen molar-refractivity contribution in [3.63, 3.8) is 0 Å². The van der Waals surface area contributed by atoms with Crippen molar-refractivity contribution in [1.29, 1.82) is 5.26 Å². The standard InChI is InChI=1S/C12H6Cl2N2O/c13-8-3-9(14)5-12(4-8)17-11-1-2-16-10(6-11)7-15/h1-6H. The Morgan fingerprint density at radius 1 is 1.06 bits per heavy atom. The van der Waals surface area contributed by atoms with Crippen molar-refractivity contribution in [3.8, 4) is 17.6 Å². The molecule has 0 saturated heterocycles. The summed E-state index contributed by atoms with van der Waals surface area (Å²) < 4.78 is 5.52. The van der Waals surface area contributed by atoms with E-state index in [2.05, 4.69) is 4.98 Å². The van der Waals surface area contributed by atoms with Gasteiger partial charge in [0.25, 0.3) is 0 Å². The van der Waals surface area contributed by atoms with Crippen molar-refractivity contribution in [2.24, 2.45) is 0 Å². The number of benzene rings is 1. The largest absolute Gasteiger partial charge is 0.457 e. The molecular weight excluding hydrogens is 259 g/mol. The second kappa shape index (κ2) is 5.05. The minimum absolute atomic E-state index is 0.288. The zero-order valence-corrected chi connectivity index (χ0v) is 10.0. The third-order valence-electron chi connectivity index (χ3n) is 1.92. The summed E-state index contributed by atoms with van der Waals surface area (Å²) in [5.74, 6) is 1.02. The summed E-state index contributed by atoms with van der Waals surface area (Å²) in [6.07, 6.45) is 1.50. The van der Waals surface area contributed by atoms with E-state index in [1.165, 1.54) is 12.3 Å². The number of ether oxygens (including phenoxy) is 1. The molecule has 0 saturated carbocycles. The van der Waals surface area contributed by atoms with Gasteiger partial charge >= 0.3 is 0 Å². The van der Waals surface area contributed by atoms with Crippen LogP contribution < -0.4 is 4.74 Å². The number of pyridine rings is 1. The van der Waals surface area contributed by atoms with Crippen LogP contribution >= 0.6 is 23.2 Å². The van der Waals surface area contributed by atoms with E-state index in [1.807, 2.05) is 6.07 Å². The molecule has 5 heteroatoms. The van der Waals surface area contributed by atoms with E-state index < -0.39 is 0 Å². The molecule has 3 nitrogen and oxygen atoms in total. The summed E-state index contributed by atoms with van der Waals surface area (Å²) in [6, 6.07) is 10.0. The van der Waals surface area contributed by atoms with E-state index in [0.29, 0.717) is 21.5 Å². The molecule has 1 heterocycles. The number of halogens is 2. The molecule has 0 N–H and O–H groups in total. The molecule has 2 aromatic rings. The fourth-order valence-corrected chi connectivity index (χ4v) is 1.77. The van der Waals surface area contributed by atoms with Crippen LogP contribution in [0.15, 0.2) is 36.5 Å². The Labute approximate surface area is 108 Å². The molecule has 1 aromatic heterocycles. The monoisotopic (exact) mass is 264 g/mol. The molecular formula is C12H6Cl2N2O. The average molecular weight is 265 g/mol. The molecule has 0 atom stereocenters. The minimum atomic E-state index is 0.288. The van der Waals surface area contributed by atoms with Crippen molar-refractivity contribution in [2.45, 2.75) is 0 Å². The van der Waals surface area contributed by atoms with E-state index in [4.69, 9.17) is 33.2 Å². The average Bonchev–Trinajstić information content (AvgIpc) is 2.28. The zero-order chi connectivity index (χ0) is 12.3. The number of aromatic nitrogens is 1. The highest BCUT2D eigenvalue weighted by atomic mass is 35.5. The number of hydrogen-bond donors (Lipinski definition) is 0. The lowest BCUT2D eigenvalue weighted by Gasteiger charge is -2.06. The quantitative estimate of drug-likeness (QED) is 0.822. The highest BCUT2D eigenvalue weighted by molar-refractivity contribution is 6.34. The van der Waals surface area contributed by atoms with Crippen LogP contribution in [0.3, 0.4) is 0 Å². The Balaban J connectivity index is 2.28. The van der Waals surface area contributed by atoms with Crippen LogP contribution in [0.4, 0.5) is 0 Å². The summed E-state index contributed by atoms with van der Waals surface area (Å²) in [5, 5.41) is 9.68. The number of rotatable bonds is 2. The molecule has 1 aromatic carbocycles. The van der Waals surface area contributed by atoms with Crippen LogP contribution in [0.2, 0.25) is 10.0 Å². The van der Waals surface area contributed by atoms with Crippen LogP contribution in [0, 0.1) is 11.3 Å². The van der Waals surface area contributed by atoms with Crippen molar-refractivity contribution in [2.75, 3.05) is 0 Å². The van der Waals surface area contributed by atoms with Gasteiger partial charge in [0.15, 0.2) is 0 Å². The smallest absolute Gasteiger partial charge is 0.144 e. The fourth-order valence-electron chi connectivity index (χ4n) is 1.26. The van der Waals surface area contributed by atoms with Gasteiger partial charge in [-0.1, -0.05) is 23.2 Å². The predicted octanol–water partition coefficient (Wildman–Crippen LogP) is 4.05. The van der Waals surface area contributed by atoms with Gasteiger partial charge < -0.3 is 4.74 Å². The Hall–Kier alpha value is -1.76. The van der Waals surface area contributed by atoms with Gasteiger partial charge in [-0.3, -0.25) is 0 Å². The first-order valence-electron chi connectivity index (χ1n) is 4.67. The van der Waals surface area contributed by atoms with E-state index >= 15 is 0 Å². The summed E-state index contributed by atoms with van der Waals surface area (Å²) in [6.45, 7) is 0.